The summed E-state index contributed by atoms with van der Waals surface area (Å²) in [5.74, 6) is 0.580. The van der Waals surface area contributed by atoms with Gasteiger partial charge in [-0.3, -0.25) is 14.8 Å². The Bertz CT molecular complexity index is 1220. The molecule has 3 aromatic heterocycles. The summed E-state index contributed by atoms with van der Waals surface area (Å²) in [5, 5.41) is 10.8. The summed E-state index contributed by atoms with van der Waals surface area (Å²) in [6.07, 6.45) is 3.20. The number of pyridine rings is 2. The van der Waals surface area contributed by atoms with E-state index in [1.165, 1.54) is 6.20 Å². The van der Waals surface area contributed by atoms with Crippen molar-refractivity contribution in [2.24, 2.45) is 0 Å². The number of hydrogen-bond donors (Lipinski definition) is 3. The predicted octanol–water partition coefficient (Wildman–Crippen LogP) is 3.51. The third kappa shape index (κ3) is 3.39. The zero-order valence-electron chi connectivity index (χ0n) is 15.3. The van der Waals surface area contributed by atoms with Crippen LogP contribution in [0.25, 0.3) is 10.9 Å². The van der Waals surface area contributed by atoms with Gasteiger partial charge in [-0.05, 0) is 38.1 Å². The molecule has 0 fully saturated rings. The van der Waals surface area contributed by atoms with Crippen molar-refractivity contribution < 1.29 is 8.42 Å². The number of para-hydroxylation sites is 1. The Balaban J connectivity index is 1.56. The van der Waals surface area contributed by atoms with Crippen LogP contribution in [0.5, 0.6) is 0 Å². The number of nitrogens with one attached hydrogen (secondary N) is 3. The minimum Gasteiger partial charge on any atom is -0.338 e. The number of rotatable bonds is 5. The van der Waals surface area contributed by atoms with Crippen LogP contribution in [0.3, 0.4) is 0 Å². The first-order chi connectivity index (χ1) is 13.4. The Morgan fingerprint density at radius 2 is 1.82 bits per heavy atom. The summed E-state index contributed by atoms with van der Waals surface area (Å²) in [6.45, 7) is 3.31. The average molecular weight is 394 g/mol. The molecule has 28 heavy (non-hydrogen) atoms. The van der Waals surface area contributed by atoms with Crippen molar-refractivity contribution in [2.45, 2.75) is 18.7 Å². The summed E-state index contributed by atoms with van der Waals surface area (Å²) in [4.78, 5) is 8.85. The molecule has 4 aromatic rings. The van der Waals surface area contributed by atoms with Crippen LogP contribution in [0, 0.1) is 13.8 Å². The molecule has 0 aliphatic heterocycles. The van der Waals surface area contributed by atoms with Crippen molar-refractivity contribution in [2.75, 3.05) is 10.0 Å². The van der Waals surface area contributed by atoms with Gasteiger partial charge in [0, 0.05) is 11.6 Å². The molecule has 142 valence electrons. The first kappa shape index (κ1) is 17.9. The molecular formula is C19H18N6O2S. The number of aryl methyl sites for hydroxylation is 2. The van der Waals surface area contributed by atoms with Gasteiger partial charge in [-0.1, -0.05) is 18.2 Å². The summed E-state index contributed by atoms with van der Waals surface area (Å²) in [7, 11) is -3.75. The molecule has 0 saturated heterocycles. The van der Waals surface area contributed by atoms with Crippen molar-refractivity contribution >= 4 is 38.1 Å². The topological polar surface area (TPSA) is 113 Å². The van der Waals surface area contributed by atoms with Crippen LogP contribution in [0.15, 0.2) is 59.8 Å². The Hall–Kier alpha value is -3.46. The summed E-state index contributed by atoms with van der Waals surface area (Å²) < 4.78 is 27.7. The van der Waals surface area contributed by atoms with Gasteiger partial charge in [0.25, 0.3) is 10.0 Å². The Labute approximate surface area is 162 Å². The number of anilines is 3. The number of aromatic amines is 1. The Morgan fingerprint density at radius 1 is 1.00 bits per heavy atom. The van der Waals surface area contributed by atoms with Gasteiger partial charge in [0.05, 0.1) is 34.5 Å². The quantitative estimate of drug-likeness (QED) is 0.477. The molecule has 9 heteroatoms. The van der Waals surface area contributed by atoms with E-state index in [0.717, 1.165) is 16.6 Å². The lowest BCUT2D eigenvalue weighted by atomic mass is 10.2. The minimum absolute atomic E-state index is 0.150. The zero-order chi connectivity index (χ0) is 19.7. The van der Waals surface area contributed by atoms with Crippen LogP contribution in [0.1, 0.15) is 11.4 Å². The Kier molecular flexibility index (Phi) is 4.44. The maximum atomic E-state index is 12.6. The van der Waals surface area contributed by atoms with Gasteiger partial charge in [-0.25, -0.2) is 13.4 Å². The monoisotopic (exact) mass is 394 g/mol. The highest BCUT2D eigenvalue weighted by atomic mass is 32.2. The van der Waals surface area contributed by atoms with E-state index in [2.05, 4.69) is 30.2 Å². The number of fused-ring (bicyclic) bond motifs is 1. The lowest BCUT2D eigenvalue weighted by molar-refractivity contribution is 0.600. The second-order valence-corrected chi connectivity index (χ2v) is 7.93. The third-order valence-corrected chi connectivity index (χ3v) is 5.88. The number of H-pyrrole nitrogens is 1. The highest BCUT2D eigenvalue weighted by Crippen LogP contribution is 2.25. The van der Waals surface area contributed by atoms with Crippen molar-refractivity contribution in [3.8, 4) is 0 Å². The fraction of sp³-hybridized carbons (Fsp3) is 0.105. The maximum Gasteiger partial charge on any atom is 0.265 e. The van der Waals surface area contributed by atoms with E-state index < -0.39 is 10.0 Å². The second-order valence-electron chi connectivity index (χ2n) is 6.31. The van der Waals surface area contributed by atoms with Crippen LogP contribution in [-0.4, -0.2) is 28.6 Å². The molecule has 3 heterocycles. The van der Waals surface area contributed by atoms with Gasteiger partial charge < -0.3 is 5.32 Å². The highest BCUT2D eigenvalue weighted by Gasteiger charge is 2.22. The van der Waals surface area contributed by atoms with Crippen LogP contribution in [0.2, 0.25) is 0 Å². The van der Waals surface area contributed by atoms with Gasteiger partial charge in [-0.15, -0.1) is 0 Å². The van der Waals surface area contributed by atoms with Gasteiger partial charge in [-0.2, -0.15) is 5.10 Å². The summed E-state index contributed by atoms with van der Waals surface area (Å²) in [5.41, 5.74) is 2.92. The second kappa shape index (κ2) is 6.93. The predicted molar refractivity (Wildman–Crippen MR) is 108 cm³/mol. The van der Waals surface area contributed by atoms with Crippen LogP contribution in [-0.2, 0) is 10.0 Å². The number of aromatic nitrogens is 4. The third-order valence-electron chi connectivity index (χ3n) is 4.24. The molecule has 3 N–H and O–H groups in total. The number of benzene rings is 1. The Morgan fingerprint density at radius 3 is 2.54 bits per heavy atom. The fourth-order valence-corrected chi connectivity index (χ4v) is 4.43. The molecule has 0 spiro atoms. The van der Waals surface area contributed by atoms with E-state index >= 15 is 0 Å². The minimum atomic E-state index is -3.75. The molecular weight excluding hydrogens is 376 g/mol. The number of nitrogens with zero attached hydrogens (tertiary/aromatic N) is 3. The van der Waals surface area contributed by atoms with Crippen molar-refractivity contribution in [1.82, 2.24) is 20.2 Å². The average Bonchev–Trinajstić information content (AvgIpc) is 3.02. The zero-order valence-corrected chi connectivity index (χ0v) is 16.1. The van der Waals surface area contributed by atoms with Crippen molar-refractivity contribution in [3.05, 3.63) is 66.2 Å². The fourth-order valence-electron chi connectivity index (χ4n) is 3.01. The first-order valence-electron chi connectivity index (χ1n) is 8.55. The lowest BCUT2D eigenvalue weighted by Gasteiger charge is -2.10. The van der Waals surface area contributed by atoms with Crippen LogP contribution in [0.4, 0.5) is 17.2 Å². The van der Waals surface area contributed by atoms with E-state index in [-0.39, 0.29) is 4.90 Å². The normalized spacial score (nSPS) is 11.5. The molecule has 0 radical (unpaired) electrons. The molecule has 0 amide bonds. The van der Waals surface area contributed by atoms with Gasteiger partial charge >= 0.3 is 0 Å². The van der Waals surface area contributed by atoms with E-state index in [1.807, 2.05) is 30.3 Å². The highest BCUT2D eigenvalue weighted by molar-refractivity contribution is 7.92. The molecule has 0 saturated carbocycles. The molecule has 0 bridgehead atoms. The van der Waals surface area contributed by atoms with Crippen molar-refractivity contribution in [3.63, 3.8) is 0 Å². The largest absolute Gasteiger partial charge is 0.338 e. The smallest absolute Gasteiger partial charge is 0.265 e. The van der Waals surface area contributed by atoms with E-state index in [9.17, 15) is 8.42 Å². The van der Waals surface area contributed by atoms with Crippen molar-refractivity contribution in [1.29, 1.82) is 0 Å². The lowest BCUT2D eigenvalue weighted by Crippen LogP contribution is -2.14. The molecule has 0 unspecified atom stereocenters. The summed E-state index contributed by atoms with van der Waals surface area (Å²) in [6, 6.07) is 13.1. The molecule has 1 aromatic carbocycles. The SMILES string of the molecule is Cc1n[nH]c(C)c1S(=O)(=O)Nc1ccc(Nc2cccc3cccnc23)nc1. The van der Waals surface area contributed by atoms with E-state index in [1.54, 1.807) is 32.2 Å². The first-order valence-corrected chi connectivity index (χ1v) is 10.0. The summed E-state index contributed by atoms with van der Waals surface area (Å²) >= 11 is 0. The van der Waals surface area contributed by atoms with Gasteiger partial charge in [0.2, 0.25) is 0 Å². The van der Waals surface area contributed by atoms with E-state index in [0.29, 0.717) is 22.9 Å². The number of sulfonamides is 1. The van der Waals surface area contributed by atoms with Crippen LogP contribution >= 0.6 is 0 Å². The molecule has 0 atom stereocenters. The van der Waals surface area contributed by atoms with Gasteiger partial charge in [0.15, 0.2) is 0 Å². The number of hydrogen-bond acceptors (Lipinski definition) is 6. The maximum absolute atomic E-state index is 12.6. The molecule has 8 nitrogen and oxygen atoms in total. The van der Waals surface area contributed by atoms with Gasteiger partial charge in [0.1, 0.15) is 10.7 Å². The standard InChI is InChI=1S/C19H18N6O2S/c1-12-19(13(2)24-23-12)28(26,27)25-15-8-9-17(21-11-15)22-16-7-3-5-14-6-4-10-20-18(14)16/h3-11,25H,1-2H3,(H,21,22)(H,23,24). The molecule has 0 aliphatic carbocycles. The van der Waals surface area contributed by atoms with E-state index in [4.69, 9.17) is 0 Å². The molecule has 0 aliphatic rings. The van der Waals surface area contributed by atoms with Crippen LogP contribution < -0.4 is 10.0 Å². The molecule has 4 rings (SSSR count).